The number of carbonyl (C=O) groups excluding carboxylic acids is 1. The van der Waals surface area contributed by atoms with Gasteiger partial charge in [-0.15, -0.1) is 0 Å². The van der Waals surface area contributed by atoms with Gasteiger partial charge in [0.2, 0.25) is 0 Å². The fourth-order valence-electron chi connectivity index (χ4n) is 2.21. The molecule has 1 aromatic heterocycles. The summed E-state index contributed by atoms with van der Waals surface area (Å²) in [5.74, 6) is -0.0424. The van der Waals surface area contributed by atoms with Gasteiger partial charge in [0.1, 0.15) is 19.0 Å². The van der Waals surface area contributed by atoms with Crippen LogP contribution >= 0.6 is 0 Å². The highest BCUT2D eigenvalue weighted by molar-refractivity contribution is 5.79. The Bertz CT molecular complexity index is 712. The van der Waals surface area contributed by atoms with Crippen LogP contribution in [-0.4, -0.2) is 38.0 Å². The first kappa shape index (κ1) is 16.0. The van der Waals surface area contributed by atoms with E-state index in [-0.39, 0.29) is 13.2 Å². The van der Waals surface area contributed by atoms with Crippen molar-refractivity contribution in [3.63, 3.8) is 0 Å². The summed E-state index contributed by atoms with van der Waals surface area (Å²) < 4.78 is 6.48. The molecule has 0 bridgehead atoms. The van der Waals surface area contributed by atoms with Gasteiger partial charge >= 0.3 is 12.1 Å². The molecule has 0 aliphatic heterocycles. The van der Waals surface area contributed by atoms with Gasteiger partial charge in [0.25, 0.3) is 0 Å². The second-order valence-electron chi connectivity index (χ2n) is 5.70. The maximum absolute atomic E-state index is 11.8. The molecule has 0 saturated heterocycles. The number of nitrogens with one attached hydrogen (secondary N) is 1. The van der Waals surface area contributed by atoms with Gasteiger partial charge in [0.15, 0.2) is 5.82 Å². The molecule has 8 heteroatoms. The van der Waals surface area contributed by atoms with Gasteiger partial charge in [-0.05, 0) is 18.4 Å². The highest BCUT2D eigenvalue weighted by atomic mass is 16.5. The molecule has 1 fully saturated rings. The molecule has 8 nitrogen and oxygen atoms in total. The van der Waals surface area contributed by atoms with Crippen molar-refractivity contribution in [1.29, 1.82) is 0 Å². The van der Waals surface area contributed by atoms with E-state index in [0.29, 0.717) is 5.92 Å². The Morgan fingerprint density at radius 3 is 2.75 bits per heavy atom. The molecule has 0 radical (unpaired) electrons. The fraction of sp³-hybridized carbons (Fsp3) is 0.375. The molecule has 1 unspecified atom stereocenters. The summed E-state index contributed by atoms with van der Waals surface area (Å²) in [6.45, 7) is 0.0731. The minimum absolute atomic E-state index is 0.00447. The van der Waals surface area contributed by atoms with Crippen molar-refractivity contribution in [2.45, 2.75) is 38.0 Å². The van der Waals surface area contributed by atoms with Crippen LogP contribution in [0.2, 0.25) is 0 Å². The predicted molar refractivity (Wildman–Crippen MR) is 83.2 cm³/mol. The first-order valence-electron chi connectivity index (χ1n) is 7.71. The van der Waals surface area contributed by atoms with Crippen LogP contribution in [0, 0.1) is 0 Å². The first-order chi connectivity index (χ1) is 11.6. The van der Waals surface area contributed by atoms with Crippen LogP contribution in [0.4, 0.5) is 4.79 Å². The van der Waals surface area contributed by atoms with Crippen molar-refractivity contribution in [1.82, 2.24) is 20.1 Å². The average molecular weight is 330 g/mol. The smallest absolute Gasteiger partial charge is 0.408 e. The van der Waals surface area contributed by atoms with Gasteiger partial charge in [-0.1, -0.05) is 30.3 Å². The maximum Gasteiger partial charge on any atom is 0.408 e. The van der Waals surface area contributed by atoms with Crippen molar-refractivity contribution in [3.8, 4) is 0 Å². The van der Waals surface area contributed by atoms with Crippen LogP contribution in [0.3, 0.4) is 0 Å². The lowest BCUT2D eigenvalue weighted by molar-refractivity contribution is -0.139. The van der Waals surface area contributed by atoms with E-state index in [1.165, 1.54) is 11.0 Å². The topological polar surface area (TPSA) is 106 Å². The molecule has 1 aliphatic carbocycles. The number of carboxylic acid groups (broad SMARTS) is 1. The van der Waals surface area contributed by atoms with Crippen LogP contribution in [0.15, 0.2) is 36.7 Å². The molecule has 2 aromatic rings. The molecular weight excluding hydrogens is 312 g/mol. The van der Waals surface area contributed by atoms with E-state index in [4.69, 9.17) is 4.74 Å². The number of aromatic nitrogens is 3. The zero-order valence-electron chi connectivity index (χ0n) is 13.0. The highest BCUT2D eigenvalue weighted by Gasteiger charge is 2.28. The number of aliphatic carboxylic acids is 1. The molecule has 126 valence electrons. The molecule has 1 aromatic carbocycles. The lowest BCUT2D eigenvalue weighted by atomic mass is 10.2. The third kappa shape index (κ3) is 4.31. The number of ether oxygens (including phenoxy) is 1. The Morgan fingerprint density at radius 2 is 2.08 bits per heavy atom. The molecule has 24 heavy (non-hydrogen) atoms. The zero-order valence-corrected chi connectivity index (χ0v) is 13.0. The monoisotopic (exact) mass is 330 g/mol. The van der Waals surface area contributed by atoms with Crippen LogP contribution in [0.25, 0.3) is 0 Å². The molecule has 1 amide bonds. The summed E-state index contributed by atoms with van der Waals surface area (Å²) in [7, 11) is 0. The van der Waals surface area contributed by atoms with Crippen LogP contribution in [-0.2, 0) is 22.7 Å². The standard InChI is InChI=1S/C16H18N4O4/c21-15(22)13(8-20-10-17-14(19-20)12-6-7-12)18-16(23)24-9-11-4-2-1-3-5-11/h1-5,10,12-13H,6-9H2,(H,18,23)(H,21,22). The Balaban J connectivity index is 1.52. The number of alkyl carbamates (subject to hydrolysis) is 1. The van der Waals surface area contributed by atoms with Crippen molar-refractivity contribution < 1.29 is 19.4 Å². The number of benzene rings is 1. The van der Waals surface area contributed by atoms with Crippen molar-refractivity contribution >= 4 is 12.1 Å². The lowest BCUT2D eigenvalue weighted by Gasteiger charge is -2.14. The van der Waals surface area contributed by atoms with Gasteiger partial charge < -0.3 is 15.2 Å². The van der Waals surface area contributed by atoms with Crippen LogP contribution in [0.1, 0.15) is 30.1 Å². The number of hydrogen-bond donors (Lipinski definition) is 2. The molecule has 1 aliphatic rings. The SMILES string of the molecule is O=C(NC(Cn1cnc(C2CC2)n1)C(=O)O)OCc1ccccc1. The van der Waals surface area contributed by atoms with E-state index < -0.39 is 18.1 Å². The van der Waals surface area contributed by atoms with E-state index >= 15 is 0 Å². The summed E-state index contributed by atoms with van der Waals surface area (Å²) in [5, 5.41) is 15.9. The number of nitrogens with zero attached hydrogens (tertiary/aromatic N) is 3. The third-order valence-electron chi connectivity index (χ3n) is 3.67. The predicted octanol–water partition coefficient (Wildman–Crippen LogP) is 1.54. The minimum Gasteiger partial charge on any atom is -0.480 e. The maximum atomic E-state index is 11.8. The second-order valence-corrected chi connectivity index (χ2v) is 5.70. The molecular formula is C16H18N4O4. The van der Waals surface area contributed by atoms with Gasteiger partial charge in [-0.25, -0.2) is 19.3 Å². The number of carbonyl (C=O) groups is 2. The first-order valence-corrected chi connectivity index (χ1v) is 7.71. The molecule has 3 rings (SSSR count). The normalized spacial score (nSPS) is 14.8. The Kier molecular flexibility index (Phi) is 4.74. The van der Waals surface area contributed by atoms with E-state index in [0.717, 1.165) is 24.2 Å². The molecule has 1 atom stereocenters. The third-order valence-corrected chi connectivity index (χ3v) is 3.67. The summed E-state index contributed by atoms with van der Waals surface area (Å²) in [5.41, 5.74) is 0.824. The van der Waals surface area contributed by atoms with Gasteiger partial charge in [-0.3, -0.25) is 0 Å². The van der Waals surface area contributed by atoms with E-state index in [1.54, 1.807) is 0 Å². The summed E-state index contributed by atoms with van der Waals surface area (Å²) in [4.78, 5) is 27.3. The molecule has 1 saturated carbocycles. The summed E-state index contributed by atoms with van der Waals surface area (Å²) >= 11 is 0. The summed E-state index contributed by atoms with van der Waals surface area (Å²) in [6, 6.07) is 8.02. The van der Waals surface area contributed by atoms with E-state index in [1.807, 2.05) is 30.3 Å². The number of hydrogen-bond acceptors (Lipinski definition) is 5. The molecule has 0 spiro atoms. The zero-order chi connectivity index (χ0) is 16.9. The van der Waals surface area contributed by atoms with E-state index in [2.05, 4.69) is 15.4 Å². The Hall–Kier alpha value is -2.90. The fourth-order valence-corrected chi connectivity index (χ4v) is 2.21. The van der Waals surface area contributed by atoms with Crippen molar-refractivity contribution in [3.05, 3.63) is 48.0 Å². The average Bonchev–Trinajstić information content (AvgIpc) is 3.33. The van der Waals surface area contributed by atoms with Crippen molar-refractivity contribution in [2.24, 2.45) is 0 Å². The summed E-state index contributed by atoms with van der Waals surface area (Å²) in [6.07, 6.45) is 2.83. The highest BCUT2D eigenvalue weighted by Crippen LogP contribution is 2.37. The van der Waals surface area contributed by atoms with Gasteiger partial charge in [0.05, 0.1) is 6.54 Å². The lowest BCUT2D eigenvalue weighted by Crippen LogP contribution is -2.44. The quantitative estimate of drug-likeness (QED) is 0.797. The number of carboxylic acids is 1. The molecule has 2 N–H and O–H groups in total. The van der Waals surface area contributed by atoms with Gasteiger partial charge in [0, 0.05) is 5.92 Å². The van der Waals surface area contributed by atoms with Gasteiger partial charge in [-0.2, -0.15) is 5.10 Å². The number of amides is 1. The molecule has 1 heterocycles. The Morgan fingerprint density at radius 1 is 1.33 bits per heavy atom. The van der Waals surface area contributed by atoms with E-state index in [9.17, 15) is 14.7 Å². The van der Waals surface area contributed by atoms with Crippen molar-refractivity contribution in [2.75, 3.05) is 0 Å². The largest absolute Gasteiger partial charge is 0.480 e. The minimum atomic E-state index is -1.16. The van der Waals surface area contributed by atoms with Crippen LogP contribution in [0.5, 0.6) is 0 Å². The van der Waals surface area contributed by atoms with Crippen LogP contribution < -0.4 is 5.32 Å². The Labute approximate surface area is 138 Å². The number of rotatable bonds is 7. The second kappa shape index (κ2) is 7.12.